The number of ether oxygens (including phenoxy) is 2. The summed E-state index contributed by atoms with van der Waals surface area (Å²) in [4.78, 5) is 26.0. The number of rotatable bonds is 4. The van der Waals surface area contributed by atoms with Crippen molar-refractivity contribution in [1.29, 1.82) is 0 Å². The van der Waals surface area contributed by atoms with Gasteiger partial charge in [-0.25, -0.2) is 14.8 Å². The lowest BCUT2D eigenvalue weighted by molar-refractivity contribution is -0.0938. The Morgan fingerprint density at radius 1 is 1.00 bits per heavy atom. The fourth-order valence-electron chi connectivity index (χ4n) is 7.97. The molecule has 4 bridgehead atoms. The molecule has 1 aromatic heterocycles. The van der Waals surface area contributed by atoms with E-state index in [1.54, 1.807) is 20.5 Å². The number of fused-ring (bicyclic) bond motifs is 1. The number of benzene rings is 1. The Kier molecular flexibility index (Phi) is 4.82. The molecule has 4 aliphatic carbocycles. The Balaban J connectivity index is 1.38. The van der Waals surface area contributed by atoms with Gasteiger partial charge < -0.3 is 25.0 Å². The summed E-state index contributed by atoms with van der Waals surface area (Å²) < 4.78 is 11.0. The first-order valence-corrected chi connectivity index (χ1v) is 12.2. The van der Waals surface area contributed by atoms with Crippen LogP contribution in [0.5, 0.6) is 11.5 Å². The van der Waals surface area contributed by atoms with Crippen LogP contribution >= 0.6 is 0 Å². The number of urea groups is 1. The van der Waals surface area contributed by atoms with Crippen molar-refractivity contribution < 1.29 is 14.3 Å². The molecule has 33 heavy (non-hydrogen) atoms. The van der Waals surface area contributed by atoms with Crippen LogP contribution in [-0.4, -0.2) is 60.8 Å². The second-order valence-electron chi connectivity index (χ2n) is 10.7. The molecule has 2 N–H and O–H groups in total. The number of carbonyl (C=O) groups is 1. The Labute approximate surface area is 194 Å². The number of aromatic nitrogens is 2. The van der Waals surface area contributed by atoms with E-state index in [2.05, 4.69) is 9.88 Å². The highest BCUT2D eigenvalue weighted by molar-refractivity contribution is 5.92. The minimum absolute atomic E-state index is 0.127. The number of hydrogen-bond donors (Lipinski definition) is 1. The second kappa shape index (κ2) is 7.64. The van der Waals surface area contributed by atoms with Crippen molar-refractivity contribution in [2.45, 2.75) is 44.6 Å². The van der Waals surface area contributed by atoms with Crippen molar-refractivity contribution in [2.75, 3.05) is 38.8 Å². The van der Waals surface area contributed by atoms with Crippen LogP contribution in [0.4, 0.5) is 10.6 Å². The molecule has 8 nitrogen and oxygen atoms in total. The van der Waals surface area contributed by atoms with Gasteiger partial charge in [-0.15, -0.1) is 0 Å². The molecule has 1 unspecified atom stereocenters. The molecule has 5 fully saturated rings. The Morgan fingerprint density at radius 3 is 2.24 bits per heavy atom. The van der Waals surface area contributed by atoms with Gasteiger partial charge in [0.1, 0.15) is 12.1 Å². The third-order valence-corrected chi connectivity index (χ3v) is 8.88. The van der Waals surface area contributed by atoms with Crippen molar-refractivity contribution in [2.24, 2.45) is 28.9 Å². The minimum Gasteiger partial charge on any atom is -0.493 e. The van der Waals surface area contributed by atoms with Crippen molar-refractivity contribution in [3.63, 3.8) is 0 Å². The van der Waals surface area contributed by atoms with E-state index >= 15 is 0 Å². The van der Waals surface area contributed by atoms with Crippen molar-refractivity contribution in [3.05, 3.63) is 18.5 Å². The zero-order chi connectivity index (χ0) is 22.7. The summed E-state index contributed by atoms with van der Waals surface area (Å²) in [5.74, 6) is 4.66. The standard InChI is InChI=1S/C25H33N5O3/c1-32-20-8-18-19(9-21(20)33-2)27-14-28-23(18)29-3-4-30(24(26)31)22(13-29)25-10-15-5-16(11-25)7-17(6-15)12-25/h8-9,14-17,22H,3-7,10-13H2,1-2H3,(H2,26,31). The highest BCUT2D eigenvalue weighted by atomic mass is 16.5. The van der Waals surface area contributed by atoms with Gasteiger partial charge in [-0.3, -0.25) is 0 Å². The van der Waals surface area contributed by atoms with E-state index in [1.807, 2.05) is 17.0 Å². The fourth-order valence-corrected chi connectivity index (χ4v) is 7.97. The first-order valence-electron chi connectivity index (χ1n) is 12.2. The summed E-state index contributed by atoms with van der Waals surface area (Å²) in [6, 6.07) is 3.70. The molecule has 0 radical (unpaired) electrons. The van der Waals surface area contributed by atoms with Gasteiger partial charge in [0.2, 0.25) is 0 Å². The van der Waals surface area contributed by atoms with E-state index in [1.165, 1.54) is 38.5 Å². The van der Waals surface area contributed by atoms with Gasteiger partial charge in [-0.05, 0) is 67.8 Å². The molecular formula is C25H33N5O3. The molecular weight excluding hydrogens is 418 g/mol. The Hall–Kier alpha value is -2.77. The molecule has 0 spiro atoms. The summed E-state index contributed by atoms with van der Waals surface area (Å²) in [5.41, 5.74) is 6.94. The number of piperazine rings is 1. The van der Waals surface area contributed by atoms with E-state index in [9.17, 15) is 4.79 Å². The van der Waals surface area contributed by atoms with Gasteiger partial charge in [-0.1, -0.05) is 0 Å². The van der Waals surface area contributed by atoms with Crippen LogP contribution in [0.15, 0.2) is 18.5 Å². The zero-order valence-corrected chi connectivity index (χ0v) is 19.5. The topological polar surface area (TPSA) is 93.8 Å². The predicted octanol–water partition coefficient (Wildman–Crippen LogP) is 3.43. The van der Waals surface area contributed by atoms with Crippen molar-refractivity contribution in [3.8, 4) is 11.5 Å². The number of nitrogens with two attached hydrogens (primary N) is 1. The smallest absolute Gasteiger partial charge is 0.315 e. The molecule has 2 amide bonds. The highest BCUT2D eigenvalue weighted by Gasteiger charge is 2.56. The number of amides is 2. The van der Waals surface area contributed by atoms with Crippen LogP contribution in [0.2, 0.25) is 0 Å². The number of hydrogen-bond acceptors (Lipinski definition) is 6. The van der Waals surface area contributed by atoms with Crippen LogP contribution in [0.25, 0.3) is 10.9 Å². The molecule has 4 saturated carbocycles. The minimum atomic E-state index is -0.283. The van der Waals surface area contributed by atoms with Gasteiger partial charge >= 0.3 is 6.03 Å². The lowest BCUT2D eigenvalue weighted by atomic mass is 9.47. The van der Waals surface area contributed by atoms with Crippen LogP contribution in [0.1, 0.15) is 38.5 Å². The summed E-state index contributed by atoms with van der Waals surface area (Å²) in [6.45, 7) is 2.09. The Morgan fingerprint density at radius 2 is 1.64 bits per heavy atom. The van der Waals surface area contributed by atoms with Gasteiger partial charge in [-0.2, -0.15) is 0 Å². The summed E-state index contributed by atoms with van der Waals surface area (Å²) in [5, 5.41) is 0.937. The van der Waals surface area contributed by atoms with Crippen LogP contribution in [0, 0.1) is 23.2 Å². The van der Waals surface area contributed by atoms with Gasteiger partial charge in [0, 0.05) is 31.1 Å². The molecule has 2 aromatic rings. The van der Waals surface area contributed by atoms with Crippen LogP contribution in [-0.2, 0) is 0 Å². The van der Waals surface area contributed by atoms with Gasteiger partial charge in [0.25, 0.3) is 0 Å². The van der Waals surface area contributed by atoms with E-state index in [0.717, 1.165) is 41.0 Å². The maximum Gasteiger partial charge on any atom is 0.315 e. The molecule has 7 rings (SSSR count). The molecule has 5 aliphatic rings. The third kappa shape index (κ3) is 3.28. The number of nitrogens with zero attached hydrogens (tertiary/aromatic N) is 4. The quantitative estimate of drug-likeness (QED) is 0.765. The first kappa shape index (κ1) is 20.8. The summed E-state index contributed by atoms with van der Waals surface area (Å²) in [6.07, 6.45) is 9.45. The maximum atomic E-state index is 12.5. The molecule has 2 heterocycles. The van der Waals surface area contributed by atoms with Crippen LogP contribution in [0.3, 0.4) is 0 Å². The lowest BCUT2D eigenvalue weighted by Crippen LogP contribution is -2.66. The largest absolute Gasteiger partial charge is 0.493 e. The van der Waals surface area contributed by atoms with E-state index in [-0.39, 0.29) is 17.5 Å². The molecule has 1 saturated heterocycles. The van der Waals surface area contributed by atoms with E-state index < -0.39 is 0 Å². The van der Waals surface area contributed by atoms with Crippen LogP contribution < -0.4 is 20.1 Å². The second-order valence-corrected chi connectivity index (χ2v) is 10.7. The van der Waals surface area contributed by atoms with Gasteiger partial charge in [0.05, 0.1) is 25.8 Å². The highest BCUT2D eigenvalue weighted by Crippen LogP contribution is 2.62. The molecule has 176 valence electrons. The third-order valence-electron chi connectivity index (χ3n) is 8.88. The van der Waals surface area contributed by atoms with Crippen molar-refractivity contribution in [1.82, 2.24) is 14.9 Å². The molecule has 1 atom stereocenters. The molecule has 8 heteroatoms. The first-order chi connectivity index (χ1) is 16.0. The maximum absolute atomic E-state index is 12.5. The summed E-state index contributed by atoms with van der Waals surface area (Å²) >= 11 is 0. The number of primary amides is 1. The average molecular weight is 452 g/mol. The number of anilines is 1. The Bertz CT molecular complexity index is 1050. The predicted molar refractivity (Wildman–Crippen MR) is 126 cm³/mol. The molecule has 1 aromatic carbocycles. The van der Waals surface area contributed by atoms with Gasteiger partial charge in [0.15, 0.2) is 11.5 Å². The van der Waals surface area contributed by atoms with E-state index in [0.29, 0.717) is 24.6 Å². The zero-order valence-electron chi connectivity index (χ0n) is 19.5. The molecule has 1 aliphatic heterocycles. The van der Waals surface area contributed by atoms with E-state index in [4.69, 9.17) is 20.2 Å². The normalized spacial score (nSPS) is 32.9. The summed E-state index contributed by atoms with van der Waals surface area (Å²) in [7, 11) is 3.27. The lowest BCUT2D eigenvalue weighted by Gasteiger charge is -2.62. The number of methoxy groups -OCH3 is 2. The SMILES string of the molecule is COc1cc2ncnc(N3CCN(C(N)=O)C(C45CC6CC(CC(C6)C4)C5)C3)c2cc1OC. The van der Waals surface area contributed by atoms with Crippen molar-refractivity contribution >= 4 is 22.8 Å². The monoisotopic (exact) mass is 451 g/mol. The fraction of sp³-hybridized carbons (Fsp3) is 0.640. The number of carbonyl (C=O) groups excluding carboxylic acids is 1. The average Bonchev–Trinajstić information content (AvgIpc) is 2.81.